The molecule has 0 heterocycles. The first-order valence-electron chi connectivity index (χ1n) is 7.68. The molecule has 1 rings (SSSR count). The lowest BCUT2D eigenvalue weighted by molar-refractivity contribution is -0.116. The summed E-state index contributed by atoms with van der Waals surface area (Å²) in [5.41, 5.74) is 2.60. The van der Waals surface area contributed by atoms with Crippen LogP contribution in [0.3, 0.4) is 0 Å². The largest absolute Gasteiger partial charge is 0.295 e. The summed E-state index contributed by atoms with van der Waals surface area (Å²) in [4.78, 5) is 11.8. The van der Waals surface area contributed by atoms with Crippen molar-refractivity contribution >= 4 is 13.9 Å². The van der Waals surface area contributed by atoms with Crippen LogP contribution in [-0.4, -0.2) is 13.9 Å². The molecule has 0 saturated carbocycles. The third-order valence-electron chi connectivity index (χ3n) is 4.02. The van der Waals surface area contributed by atoms with Crippen molar-refractivity contribution in [3.8, 4) is 0 Å². The van der Waals surface area contributed by atoms with Gasteiger partial charge in [-0.1, -0.05) is 44.3 Å². The van der Waals surface area contributed by atoms with Crippen LogP contribution in [0.15, 0.2) is 23.3 Å². The van der Waals surface area contributed by atoms with Gasteiger partial charge in [0.15, 0.2) is 5.78 Å². The van der Waals surface area contributed by atoms with E-state index in [2.05, 4.69) is 45.6 Å². The van der Waals surface area contributed by atoms with E-state index in [4.69, 9.17) is 0 Å². The number of Topliss-reactive ketones (excluding diaryl/α,β-unsaturated/α-hetero) is 1. The third kappa shape index (κ3) is 6.37. The van der Waals surface area contributed by atoms with Gasteiger partial charge in [0.2, 0.25) is 0 Å². The number of hydrogen-bond acceptors (Lipinski definition) is 1. The van der Waals surface area contributed by atoms with Crippen molar-refractivity contribution in [3.63, 3.8) is 0 Å². The summed E-state index contributed by atoms with van der Waals surface area (Å²) >= 11 is 0. The Morgan fingerprint density at radius 1 is 1.42 bits per heavy atom. The molecule has 0 aromatic carbocycles. The van der Waals surface area contributed by atoms with Crippen LogP contribution in [0.5, 0.6) is 0 Å². The summed E-state index contributed by atoms with van der Waals surface area (Å²) in [5.74, 6) is 0.995. The van der Waals surface area contributed by atoms with E-state index in [-0.39, 0.29) is 0 Å². The van der Waals surface area contributed by atoms with Crippen LogP contribution in [0.1, 0.15) is 46.0 Å². The second-order valence-electron chi connectivity index (χ2n) is 7.20. The number of allylic oxidation sites excluding steroid dienone is 4. The van der Waals surface area contributed by atoms with Crippen LogP contribution >= 0.6 is 0 Å². The Bertz CT molecular complexity index is 371. The van der Waals surface area contributed by atoms with Gasteiger partial charge in [-0.15, -0.1) is 0 Å². The summed E-state index contributed by atoms with van der Waals surface area (Å²) in [6, 6.07) is 1.27. The summed E-state index contributed by atoms with van der Waals surface area (Å²) in [6.07, 6.45) is 9.61. The van der Waals surface area contributed by atoms with E-state index in [0.29, 0.717) is 11.7 Å². The Hall–Kier alpha value is -0.633. The minimum Gasteiger partial charge on any atom is -0.295 e. The van der Waals surface area contributed by atoms with E-state index >= 15 is 0 Å². The minimum atomic E-state index is -0.974. The maximum absolute atomic E-state index is 11.8. The molecule has 108 valence electrons. The quantitative estimate of drug-likeness (QED) is 0.472. The number of carbonyl (C=O) groups is 1. The average Bonchev–Trinajstić information content (AvgIpc) is 2.33. The van der Waals surface area contributed by atoms with Gasteiger partial charge in [-0.05, 0) is 50.1 Å². The zero-order chi connectivity index (χ0) is 14.5. The second-order valence-corrected chi connectivity index (χ2v) is 12.7. The Labute approximate surface area is 120 Å². The first-order chi connectivity index (χ1) is 8.79. The molecule has 1 nitrogen and oxygen atoms in total. The van der Waals surface area contributed by atoms with Crippen molar-refractivity contribution in [2.24, 2.45) is 5.92 Å². The molecule has 0 N–H and O–H groups in total. The lowest BCUT2D eigenvalue weighted by Crippen LogP contribution is -2.18. The molecule has 1 atom stereocenters. The number of carbonyl (C=O) groups excluding carboxylic acids is 1. The maximum atomic E-state index is 11.8. The summed E-state index contributed by atoms with van der Waals surface area (Å²) < 4.78 is 0. The van der Waals surface area contributed by atoms with Gasteiger partial charge in [0, 0.05) is 14.5 Å². The molecular formula is C17H30OSi. The highest BCUT2D eigenvalue weighted by molar-refractivity contribution is 6.76. The SMILES string of the molecule is C/C(=C\C[Si](C)(C)C)[C@@H](C)CCC1=CCCCC1=O. The molecule has 1 aliphatic rings. The van der Waals surface area contributed by atoms with E-state index in [1.165, 1.54) is 11.6 Å². The molecule has 0 spiro atoms. The van der Waals surface area contributed by atoms with Crippen molar-refractivity contribution in [2.75, 3.05) is 0 Å². The molecule has 0 bridgehead atoms. The van der Waals surface area contributed by atoms with Gasteiger partial charge in [-0.2, -0.15) is 0 Å². The normalized spacial score (nSPS) is 19.3. The second kappa shape index (κ2) is 7.23. The van der Waals surface area contributed by atoms with Crippen molar-refractivity contribution in [3.05, 3.63) is 23.3 Å². The fourth-order valence-corrected chi connectivity index (χ4v) is 3.26. The molecular weight excluding hydrogens is 248 g/mol. The molecule has 1 aliphatic carbocycles. The Balaban J connectivity index is 2.44. The van der Waals surface area contributed by atoms with Crippen LogP contribution < -0.4 is 0 Å². The Kier molecular flexibility index (Phi) is 6.25. The van der Waals surface area contributed by atoms with Crippen LogP contribution in [-0.2, 0) is 4.79 Å². The van der Waals surface area contributed by atoms with E-state index in [1.807, 2.05) is 0 Å². The molecule has 0 radical (unpaired) electrons. The molecule has 0 amide bonds. The molecule has 0 saturated heterocycles. The van der Waals surface area contributed by atoms with Crippen LogP contribution in [0.4, 0.5) is 0 Å². The molecule has 0 fully saturated rings. The summed E-state index contributed by atoms with van der Waals surface area (Å²) in [5, 5.41) is 0. The van der Waals surface area contributed by atoms with Gasteiger partial charge < -0.3 is 0 Å². The van der Waals surface area contributed by atoms with Crippen LogP contribution in [0, 0.1) is 5.92 Å². The molecule has 2 heteroatoms. The summed E-state index contributed by atoms with van der Waals surface area (Å²) in [6.45, 7) is 11.8. The van der Waals surface area contributed by atoms with E-state index in [9.17, 15) is 4.79 Å². The van der Waals surface area contributed by atoms with Crippen molar-refractivity contribution in [1.29, 1.82) is 0 Å². The molecule has 19 heavy (non-hydrogen) atoms. The lowest BCUT2D eigenvalue weighted by Gasteiger charge is -2.18. The predicted molar refractivity (Wildman–Crippen MR) is 87.2 cm³/mol. The Morgan fingerprint density at radius 3 is 2.68 bits per heavy atom. The molecule has 0 aromatic heterocycles. The molecule has 0 aromatic rings. The third-order valence-corrected chi connectivity index (χ3v) is 5.45. The zero-order valence-electron chi connectivity index (χ0n) is 13.4. The van der Waals surface area contributed by atoms with Gasteiger partial charge in [-0.25, -0.2) is 0 Å². The van der Waals surface area contributed by atoms with Gasteiger partial charge in [0.1, 0.15) is 0 Å². The van der Waals surface area contributed by atoms with Gasteiger partial charge >= 0.3 is 0 Å². The Morgan fingerprint density at radius 2 is 2.11 bits per heavy atom. The fourth-order valence-electron chi connectivity index (χ4n) is 2.32. The number of ketones is 1. The summed E-state index contributed by atoms with van der Waals surface area (Å²) in [7, 11) is -0.974. The van der Waals surface area contributed by atoms with Gasteiger partial charge in [0.25, 0.3) is 0 Å². The van der Waals surface area contributed by atoms with Crippen molar-refractivity contribution in [1.82, 2.24) is 0 Å². The minimum absolute atomic E-state index is 0.391. The van der Waals surface area contributed by atoms with Gasteiger partial charge in [-0.3, -0.25) is 4.79 Å². The predicted octanol–water partition coefficient (Wildman–Crippen LogP) is 5.37. The van der Waals surface area contributed by atoms with E-state index < -0.39 is 8.07 Å². The van der Waals surface area contributed by atoms with E-state index in [0.717, 1.165) is 37.7 Å². The highest BCUT2D eigenvalue weighted by Gasteiger charge is 2.15. The van der Waals surface area contributed by atoms with Crippen molar-refractivity contribution < 1.29 is 4.79 Å². The monoisotopic (exact) mass is 278 g/mol. The van der Waals surface area contributed by atoms with Gasteiger partial charge in [0.05, 0.1) is 0 Å². The highest BCUT2D eigenvalue weighted by atomic mass is 28.3. The van der Waals surface area contributed by atoms with Crippen LogP contribution in [0.2, 0.25) is 25.7 Å². The highest BCUT2D eigenvalue weighted by Crippen LogP contribution is 2.24. The lowest BCUT2D eigenvalue weighted by atomic mass is 9.89. The molecule has 0 unspecified atom stereocenters. The standard InChI is InChI=1S/C17H30OSi/c1-14(15(2)12-13-19(3,4)5)10-11-16-8-6-7-9-17(16)18/h8,12,14H,6-7,9-11,13H2,1-5H3/b15-12+/t14-/m0/s1. The maximum Gasteiger partial charge on any atom is 0.158 e. The average molecular weight is 279 g/mol. The van der Waals surface area contributed by atoms with Crippen LogP contribution in [0.25, 0.3) is 0 Å². The first kappa shape index (κ1) is 16.4. The topological polar surface area (TPSA) is 17.1 Å². The first-order valence-corrected chi connectivity index (χ1v) is 11.4. The van der Waals surface area contributed by atoms with E-state index in [1.54, 1.807) is 0 Å². The zero-order valence-corrected chi connectivity index (χ0v) is 14.4. The fraction of sp³-hybridized carbons (Fsp3) is 0.706. The number of hydrogen-bond donors (Lipinski definition) is 0. The smallest absolute Gasteiger partial charge is 0.158 e. The van der Waals surface area contributed by atoms with Crippen molar-refractivity contribution in [2.45, 2.75) is 71.6 Å². The molecule has 0 aliphatic heterocycles. The number of rotatable bonds is 6.